The summed E-state index contributed by atoms with van der Waals surface area (Å²) in [5.74, 6) is 0.206. The van der Waals surface area contributed by atoms with E-state index in [-0.39, 0.29) is 12.5 Å². The van der Waals surface area contributed by atoms with Crippen LogP contribution in [0.1, 0.15) is 36.2 Å². The van der Waals surface area contributed by atoms with Gasteiger partial charge in [-0.3, -0.25) is 9.78 Å². The van der Waals surface area contributed by atoms with Crippen LogP contribution in [0.5, 0.6) is 0 Å². The lowest BCUT2D eigenvalue weighted by atomic mass is 10.1. The van der Waals surface area contributed by atoms with E-state index in [4.69, 9.17) is 0 Å². The van der Waals surface area contributed by atoms with Gasteiger partial charge in [0.15, 0.2) is 0 Å². The zero-order valence-corrected chi connectivity index (χ0v) is 14.2. The van der Waals surface area contributed by atoms with Crippen LogP contribution in [0.4, 0.5) is 5.69 Å². The second-order valence-electron chi connectivity index (χ2n) is 6.25. The largest absolute Gasteiger partial charge is 0.391 e. The Morgan fingerprint density at radius 2 is 2.00 bits per heavy atom. The van der Waals surface area contributed by atoms with E-state index in [9.17, 15) is 9.90 Å². The minimum absolute atomic E-state index is 0.188. The molecular formula is C19H25N3O2. The number of hydrogen-bond donors (Lipinski definition) is 3. The minimum Gasteiger partial charge on any atom is -0.391 e. The highest BCUT2D eigenvalue weighted by Crippen LogP contribution is 2.16. The van der Waals surface area contributed by atoms with E-state index < -0.39 is 6.10 Å². The maximum atomic E-state index is 12.4. The van der Waals surface area contributed by atoms with Gasteiger partial charge in [-0.2, -0.15) is 0 Å². The van der Waals surface area contributed by atoms with Crippen LogP contribution >= 0.6 is 0 Å². The molecular weight excluding hydrogens is 302 g/mol. The van der Waals surface area contributed by atoms with Crippen molar-refractivity contribution in [2.45, 2.75) is 32.9 Å². The van der Waals surface area contributed by atoms with Gasteiger partial charge >= 0.3 is 0 Å². The highest BCUT2D eigenvalue weighted by atomic mass is 16.3. The fourth-order valence-corrected chi connectivity index (χ4v) is 2.47. The Labute approximate surface area is 143 Å². The first kappa shape index (κ1) is 17.9. The number of nitrogens with one attached hydrogen (secondary N) is 2. The second-order valence-corrected chi connectivity index (χ2v) is 6.25. The summed E-state index contributed by atoms with van der Waals surface area (Å²) in [6, 6.07) is 11.2. The third-order valence-electron chi connectivity index (χ3n) is 3.62. The number of aromatic nitrogens is 1. The number of pyridine rings is 1. The normalized spacial score (nSPS) is 12.0. The number of aliphatic hydroxyl groups is 1. The van der Waals surface area contributed by atoms with Crippen LogP contribution < -0.4 is 10.6 Å². The first-order valence-corrected chi connectivity index (χ1v) is 8.24. The number of carbonyl (C=O) groups excluding carboxylic acids is 1. The number of aliphatic hydroxyl groups excluding tert-OH is 1. The van der Waals surface area contributed by atoms with Crippen molar-refractivity contribution < 1.29 is 9.90 Å². The van der Waals surface area contributed by atoms with Gasteiger partial charge < -0.3 is 15.7 Å². The number of para-hydroxylation sites is 1. The van der Waals surface area contributed by atoms with E-state index in [1.807, 2.05) is 44.2 Å². The molecule has 0 fully saturated rings. The predicted molar refractivity (Wildman–Crippen MR) is 95.8 cm³/mol. The average molecular weight is 327 g/mol. The molecule has 5 nitrogen and oxygen atoms in total. The Bertz CT molecular complexity index is 644. The molecule has 0 aliphatic heterocycles. The number of carbonyl (C=O) groups is 1. The molecule has 0 bridgehead atoms. The van der Waals surface area contributed by atoms with E-state index in [2.05, 4.69) is 15.6 Å². The Morgan fingerprint density at radius 1 is 1.21 bits per heavy atom. The van der Waals surface area contributed by atoms with Gasteiger partial charge in [-0.15, -0.1) is 0 Å². The predicted octanol–water partition coefficient (Wildman–Crippen LogP) is 2.83. The summed E-state index contributed by atoms with van der Waals surface area (Å²) < 4.78 is 0. The van der Waals surface area contributed by atoms with Crippen molar-refractivity contribution in [3.63, 3.8) is 0 Å². The van der Waals surface area contributed by atoms with Crippen LogP contribution in [-0.2, 0) is 6.54 Å². The van der Waals surface area contributed by atoms with Crippen LogP contribution in [0.25, 0.3) is 0 Å². The van der Waals surface area contributed by atoms with E-state index in [0.29, 0.717) is 24.4 Å². The summed E-state index contributed by atoms with van der Waals surface area (Å²) in [5.41, 5.74) is 2.37. The van der Waals surface area contributed by atoms with E-state index in [0.717, 1.165) is 11.3 Å². The molecule has 0 aliphatic carbocycles. The maximum Gasteiger partial charge on any atom is 0.253 e. The number of hydrogen-bond acceptors (Lipinski definition) is 4. The molecule has 1 atom stereocenters. The van der Waals surface area contributed by atoms with Crippen molar-refractivity contribution in [3.05, 3.63) is 59.9 Å². The van der Waals surface area contributed by atoms with Crippen LogP contribution in [0.2, 0.25) is 0 Å². The van der Waals surface area contributed by atoms with Gasteiger partial charge in [0, 0.05) is 31.2 Å². The molecule has 2 aromatic rings. The highest BCUT2D eigenvalue weighted by Gasteiger charge is 2.13. The van der Waals surface area contributed by atoms with E-state index in [1.165, 1.54) is 0 Å². The van der Waals surface area contributed by atoms with Crippen molar-refractivity contribution in [1.82, 2.24) is 10.3 Å². The fourth-order valence-electron chi connectivity index (χ4n) is 2.47. The highest BCUT2D eigenvalue weighted by molar-refractivity contribution is 5.99. The summed E-state index contributed by atoms with van der Waals surface area (Å²) in [7, 11) is 0. The molecule has 1 amide bonds. The third-order valence-corrected chi connectivity index (χ3v) is 3.62. The van der Waals surface area contributed by atoms with Gasteiger partial charge in [0.05, 0.1) is 11.7 Å². The zero-order chi connectivity index (χ0) is 17.4. The SMILES string of the molecule is CC(C)CC(O)CNC(=O)c1ccccc1NCc1cccnc1. The van der Waals surface area contributed by atoms with Crippen molar-refractivity contribution in [3.8, 4) is 0 Å². The number of anilines is 1. The molecule has 5 heteroatoms. The Balaban J connectivity index is 1.96. The summed E-state index contributed by atoms with van der Waals surface area (Å²) in [5, 5.41) is 16.0. The molecule has 1 heterocycles. The quantitative estimate of drug-likeness (QED) is 0.697. The third kappa shape index (κ3) is 5.66. The molecule has 0 saturated heterocycles. The lowest BCUT2D eigenvalue weighted by Crippen LogP contribution is -2.33. The van der Waals surface area contributed by atoms with Gasteiger partial charge in [0.25, 0.3) is 5.91 Å². The van der Waals surface area contributed by atoms with Gasteiger partial charge in [0.2, 0.25) is 0 Å². The molecule has 2 rings (SSSR count). The smallest absolute Gasteiger partial charge is 0.253 e. The van der Waals surface area contributed by atoms with Crippen molar-refractivity contribution in [2.75, 3.05) is 11.9 Å². The maximum absolute atomic E-state index is 12.4. The monoisotopic (exact) mass is 327 g/mol. The van der Waals surface area contributed by atoms with Crippen molar-refractivity contribution in [1.29, 1.82) is 0 Å². The van der Waals surface area contributed by atoms with E-state index in [1.54, 1.807) is 18.5 Å². The topological polar surface area (TPSA) is 74.2 Å². The first-order chi connectivity index (χ1) is 11.6. The minimum atomic E-state index is -0.524. The summed E-state index contributed by atoms with van der Waals surface area (Å²) in [6.45, 7) is 4.94. The molecule has 3 N–H and O–H groups in total. The van der Waals surface area contributed by atoms with E-state index >= 15 is 0 Å². The van der Waals surface area contributed by atoms with Crippen LogP contribution in [0.3, 0.4) is 0 Å². The number of nitrogens with zero attached hydrogens (tertiary/aromatic N) is 1. The Morgan fingerprint density at radius 3 is 2.71 bits per heavy atom. The lowest BCUT2D eigenvalue weighted by molar-refractivity contribution is 0.0901. The molecule has 0 radical (unpaired) electrons. The molecule has 1 aromatic heterocycles. The molecule has 0 saturated carbocycles. The van der Waals surface area contributed by atoms with Gasteiger partial charge in [-0.05, 0) is 36.1 Å². The van der Waals surface area contributed by atoms with Gasteiger partial charge in [-0.25, -0.2) is 0 Å². The van der Waals surface area contributed by atoms with Crippen LogP contribution in [-0.4, -0.2) is 28.6 Å². The summed E-state index contributed by atoms with van der Waals surface area (Å²) >= 11 is 0. The standard InChI is InChI=1S/C19H25N3O2/c1-14(2)10-16(23)13-22-19(24)17-7-3-4-8-18(17)21-12-15-6-5-9-20-11-15/h3-9,11,14,16,21,23H,10,12-13H2,1-2H3,(H,22,24). The molecule has 128 valence electrons. The zero-order valence-electron chi connectivity index (χ0n) is 14.2. The van der Waals surface area contributed by atoms with Gasteiger partial charge in [0.1, 0.15) is 0 Å². The number of benzene rings is 1. The Kier molecular flexibility index (Phi) is 6.75. The average Bonchev–Trinajstić information content (AvgIpc) is 2.58. The van der Waals surface area contributed by atoms with Gasteiger partial charge in [-0.1, -0.05) is 32.0 Å². The molecule has 24 heavy (non-hydrogen) atoms. The number of amides is 1. The van der Waals surface area contributed by atoms with Crippen molar-refractivity contribution in [2.24, 2.45) is 5.92 Å². The Hall–Kier alpha value is -2.40. The fraction of sp³-hybridized carbons (Fsp3) is 0.368. The van der Waals surface area contributed by atoms with Crippen molar-refractivity contribution >= 4 is 11.6 Å². The molecule has 1 aromatic carbocycles. The summed E-state index contributed by atoms with van der Waals surface area (Å²) in [4.78, 5) is 16.5. The number of rotatable bonds is 8. The summed E-state index contributed by atoms with van der Waals surface area (Å²) in [6.07, 6.45) is 3.66. The molecule has 1 unspecified atom stereocenters. The first-order valence-electron chi connectivity index (χ1n) is 8.24. The van der Waals surface area contributed by atoms with Crippen LogP contribution in [0.15, 0.2) is 48.8 Å². The molecule has 0 aliphatic rings. The second kappa shape index (κ2) is 9.03. The van der Waals surface area contributed by atoms with Crippen LogP contribution in [0, 0.1) is 5.92 Å². The lowest BCUT2D eigenvalue weighted by Gasteiger charge is -2.15. The molecule has 0 spiro atoms.